The van der Waals surface area contributed by atoms with E-state index in [0.717, 1.165) is 19.6 Å². The predicted octanol–water partition coefficient (Wildman–Crippen LogP) is -2.60. The third-order valence-electron chi connectivity index (χ3n) is 1.79. The van der Waals surface area contributed by atoms with E-state index < -0.39 is 5.52 Å². The van der Waals surface area contributed by atoms with E-state index in [4.69, 9.17) is 0 Å². The molecule has 0 aromatic carbocycles. The number of rotatable bonds is 5. The number of hydrogen-bond donors (Lipinski definition) is 2. The summed E-state index contributed by atoms with van der Waals surface area (Å²) in [6.45, 7) is 4.73. The first-order chi connectivity index (χ1) is 5.02. The molecular formula is C6H18B2N2O. The molecular weight excluding hydrogens is 138 g/mol. The molecule has 0 rings (SSSR count). The van der Waals surface area contributed by atoms with Crippen molar-refractivity contribution in [2.75, 3.05) is 26.7 Å². The molecule has 0 amide bonds. The van der Waals surface area contributed by atoms with Crippen LogP contribution < -0.4 is 5.32 Å². The van der Waals surface area contributed by atoms with Crippen LogP contribution in [0.3, 0.4) is 0 Å². The normalized spacial score (nSPS) is 12.4. The van der Waals surface area contributed by atoms with Crippen LogP contribution in [0.5, 0.6) is 0 Å². The summed E-state index contributed by atoms with van der Waals surface area (Å²) in [7, 11) is 5.54. The number of nitrogens with zero attached hydrogens (tertiary/aromatic N) is 1. The number of likely N-dealkylation sites (N-methyl/N-ethyl adjacent to an activating group) is 2. The highest BCUT2D eigenvalue weighted by Crippen LogP contribution is 2.00. The molecule has 0 fully saturated rings. The Morgan fingerprint density at radius 2 is 2.09 bits per heavy atom. The van der Waals surface area contributed by atoms with Crippen molar-refractivity contribution in [2.24, 2.45) is 0 Å². The molecule has 3 nitrogen and oxygen atoms in total. The summed E-state index contributed by atoms with van der Waals surface area (Å²) in [5.41, 5.74) is -0.689. The molecule has 0 aromatic heterocycles. The van der Waals surface area contributed by atoms with Crippen molar-refractivity contribution < 1.29 is 5.11 Å². The van der Waals surface area contributed by atoms with Gasteiger partial charge in [-0.1, -0.05) is 6.92 Å². The third-order valence-corrected chi connectivity index (χ3v) is 1.79. The fourth-order valence-electron chi connectivity index (χ4n) is 1.07. The van der Waals surface area contributed by atoms with Crippen LogP contribution in [0.4, 0.5) is 0 Å². The maximum atomic E-state index is 9.60. The minimum Gasteiger partial charge on any atom is -0.394 e. The highest BCUT2D eigenvalue weighted by Gasteiger charge is 2.20. The average Bonchev–Trinajstić information content (AvgIpc) is 1.87. The maximum absolute atomic E-state index is 9.60. The van der Waals surface area contributed by atoms with E-state index in [9.17, 15) is 5.11 Å². The standard InChI is InChI=1S/C6H18B2N2O/c1-3-10(5-4-9-2)6(7,8)11/h9,11H,3-5,7-8H2,1-2H3. The van der Waals surface area contributed by atoms with Gasteiger partial charge in [0.2, 0.25) is 0 Å². The van der Waals surface area contributed by atoms with Crippen molar-refractivity contribution in [3.63, 3.8) is 0 Å². The van der Waals surface area contributed by atoms with Gasteiger partial charge < -0.3 is 10.4 Å². The fourth-order valence-corrected chi connectivity index (χ4v) is 1.07. The second kappa shape index (κ2) is 4.80. The van der Waals surface area contributed by atoms with Crippen molar-refractivity contribution >= 4 is 15.7 Å². The lowest BCUT2D eigenvalue weighted by Crippen LogP contribution is -2.51. The lowest BCUT2D eigenvalue weighted by molar-refractivity contribution is 0.0363. The quantitative estimate of drug-likeness (QED) is 0.338. The molecule has 0 bridgehead atoms. The number of aliphatic hydroxyl groups is 1. The van der Waals surface area contributed by atoms with Crippen LogP contribution in [-0.2, 0) is 0 Å². The van der Waals surface area contributed by atoms with Crippen LogP contribution in [-0.4, -0.2) is 57.9 Å². The molecule has 0 atom stereocenters. The lowest BCUT2D eigenvalue weighted by atomic mass is 9.72. The Morgan fingerprint density at radius 1 is 1.55 bits per heavy atom. The first-order valence-electron chi connectivity index (χ1n) is 4.14. The molecule has 0 aliphatic heterocycles. The Bertz CT molecular complexity index is 105. The first-order valence-corrected chi connectivity index (χ1v) is 4.14. The van der Waals surface area contributed by atoms with Crippen molar-refractivity contribution in [1.82, 2.24) is 10.2 Å². The topological polar surface area (TPSA) is 35.5 Å². The van der Waals surface area contributed by atoms with Crippen LogP contribution in [0.25, 0.3) is 0 Å². The van der Waals surface area contributed by atoms with Gasteiger partial charge in [0.15, 0.2) is 0 Å². The minimum absolute atomic E-state index is 0.689. The molecule has 0 unspecified atom stereocenters. The molecule has 0 spiro atoms. The van der Waals surface area contributed by atoms with E-state index >= 15 is 0 Å². The van der Waals surface area contributed by atoms with Crippen LogP contribution in [0.15, 0.2) is 0 Å². The van der Waals surface area contributed by atoms with Crippen molar-refractivity contribution in [3.8, 4) is 0 Å². The molecule has 0 saturated heterocycles. The molecule has 0 aromatic rings. The number of nitrogens with one attached hydrogen (secondary N) is 1. The van der Waals surface area contributed by atoms with Gasteiger partial charge in [-0.25, -0.2) is 0 Å². The summed E-state index contributed by atoms with van der Waals surface area (Å²) in [4.78, 5) is 2.02. The summed E-state index contributed by atoms with van der Waals surface area (Å²) >= 11 is 0. The van der Waals surface area contributed by atoms with E-state index in [1.807, 2.05) is 34.6 Å². The SMILES string of the molecule is BC(B)(O)N(CC)CCNC. The zero-order valence-electron chi connectivity index (χ0n) is 8.02. The molecule has 0 saturated carbocycles. The Balaban J connectivity index is 3.76. The molecule has 0 aliphatic carbocycles. The van der Waals surface area contributed by atoms with E-state index in [1.54, 1.807) is 0 Å². The molecule has 0 radical (unpaired) electrons. The van der Waals surface area contributed by atoms with Gasteiger partial charge in [0, 0.05) is 18.6 Å². The van der Waals surface area contributed by atoms with E-state index in [-0.39, 0.29) is 0 Å². The largest absolute Gasteiger partial charge is 0.394 e. The maximum Gasteiger partial charge on any atom is 0.150 e. The van der Waals surface area contributed by atoms with E-state index in [0.29, 0.717) is 0 Å². The zero-order valence-corrected chi connectivity index (χ0v) is 8.02. The smallest absolute Gasteiger partial charge is 0.150 e. The second-order valence-corrected chi connectivity index (χ2v) is 3.18. The van der Waals surface area contributed by atoms with Gasteiger partial charge in [-0.05, 0) is 13.6 Å². The fraction of sp³-hybridized carbons (Fsp3) is 1.00. The van der Waals surface area contributed by atoms with Gasteiger partial charge in [0.05, 0.1) is 0 Å². The third kappa shape index (κ3) is 4.45. The van der Waals surface area contributed by atoms with Crippen molar-refractivity contribution in [1.29, 1.82) is 0 Å². The molecule has 0 heterocycles. The Hall–Kier alpha value is 0.00987. The molecule has 2 N–H and O–H groups in total. The molecule has 5 heteroatoms. The van der Waals surface area contributed by atoms with Gasteiger partial charge in [-0.2, -0.15) is 0 Å². The van der Waals surface area contributed by atoms with Crippen molar-refractivity contribution in [3.05, 3.63) is 0 Å². The predicted molar refractivity (Wildman–Crippen MR) is 53.2 cm³/mol. The molecule has 64 valence electrons. The lowest BCUT2D eigenvalue weighted by Gasteiger charge is -2.33. The Labute approximate surface area is 71.0 Å². The Kier molecular flexibility index (Phi) is 4.81. The van der Waals surface area contributed by atoms with Gasteiger partial charge >= 0.3 is 0 Å². The number of hydrogen-bond acceptors (Lipinski definition) is 3. The highest BCUT2D eigenvalue weighted by molar-refractivity contribution is 6.38. The highest BCUT2D eigenvalue weighted by atomic mass is 16.3. The van der Waals surface area contributed by atoms with Crippen LogP contribution in [0, 0.1) is 0 Å². The average molecular weight is 156 g/mol. The van der Waals surface area contributed by atoms with Gasteiger partial charge in [-0.15, -0.1) is 0 Å². The summed E-state index contributed by atoms with van der Waals surface area (Å²) in [5.74, 6) is 0. The first kappa shape index (κ1) is 11.0. The molecule has 0 aliphatic rings. The van der Waals surface area contributed by atoms with E-state index in [2.05, 4.69) is 5.32 Å². The van der Waals surface area contributed by atoms with Gasteiger partial charge in [0.1, 0.15) is 15.7 Å². The van der Waals surface area contributed by atoms with Gasteiger partial charge in [0.25, 0.3) is 0 Å². The van der Waals surface area contributed by atoms with Crippen LogP contribution in [0.1, 0.15) is 6.92 Å². The summed E-state index contributed by atoms with van der Waals surface area (Å²) in [5, 5.41) is 12.7. The summed E-state index contributed by atoms with van der Waals surface area (Å²) < 4.78 is 0. The monoisotopic (exact) mass is 156 g/mol. The van der Waals surface area contributed by atoms with E-state index in [1.165, 1.54) is 0 Å². The van der Waals surface area contributed by atoms with Crippen molar-refractivity contribution in [2.45, 2.75) is 12.4 Å². The second-order valence-electron chi connectivity index (χ2n) is 3.18. The van der Waals surface area contributed by atoms with Crippen LogP contribution in [0.2, 0.25) is 0 Å². The van der Waals surface area contributed by atoms with Crippen LogP contribution >= 0.6 is 0 Å². The Morgan fingerprint density at radius 3 is 2.36 bits per heavy atom. The zero-order chi connectivity index (χ0) is 8.91. The minimum atomic E-state index is -0.689. The molecule has 11 heavy (non-hydrogen) atoms. The van der Waals surface area contributed by atoms with Gasteiger partial charge in [-0.3, -0.25) is 4.90 Å². The summed E-state index contributed by atoms with van der Waals surface area (Å²) in [6, 6.07) is 0. The summed E-state index contributed by atoms with van der Waals surface area (Å²) in [6.07, 6.45) is 0.